The van der Waals surface area contributed by atoms with E-state index in [9.17, 15) is 24.2 Å². The van der Waals surface area contributed by atoms with Crippen LogP contribution in [-0.4, -0.2) is 88.1 Å². The van der Waals surface area contributed by atoms with Crippen LogP contribution >= 0.6 is 11.8 Å². The third-order valence-electron chi connectivity index (χ3n) is 5.72. The number of fused-ring (bicyclic) bond motifs is 1. The summed E-state index contributed by atoms with van der Waals surface area (Å²) in [6.45, 7) is 3.78. The molecule has 0 saturated carbocycles. The number of hydrogen-bond acceptors (Lipinski definition) is 6. The first-order valence-corrected chi connectivity index (χ1v) is 10.2. The Morgan fingerprint density at radius 3 is 2.82 bits per heavy atom. The molecule has 3 rings (SSSR count). The van der Waals surface area contributed by atoms with Gasteiger partial charge in [0, 0.05) is 22.6 Å². The molecule has 3 aliphatic heterocycles. The molecule has 6 atom stereocenters. The average molecular weight is 415 g/mol. The molecule has 0 radical (unpaired) electrons. The standard InChI is InChI=1S/C18H26FN3O5S/c1-9-14-13(10(2)23)17(24)22(14)15(18(25)26)16(9)28-12-5-11(7-27-4-3-19)21(6-12)8-20/h8-14,20,23H,3-7H2,1-2H3,(H,25,26)/t9-,10-,11+,12+,13-,14-/m1/s1. The predicted molar refractivity (Wildman–Crippen MR) is 102 cm³/mol. The first kappa shape index (κ1) is 21.1. The predicted octanol–water partition coefficient (Wildman–Crippen LogP) is 0.909. The maximum atomic E-state index is 12.4. The number of aliphatic hydroxyl groups excluding tert-OH is 1. The van der Waals surface area contributed by atoms with Crippen molar-refractivity contribution >= 4 is 30.0 Å². The van der Waals surface area contributed by atoms with Gasteiger partial charge in [0.1, 0.15) is 12.4 Å². The summed E-state index contributed by atoms with van der Waals surface area (Å²) in [5.41, 5.74) is 0.0166. The van der Waals surface area contributed by atoms with Gasteiger partial charge in [-0.3, -0.25) is 10.2 Å². The summed E-state index contributed by atoms with van der Waals surface area (Å²) in [5.74, 6) is -2.24. The van der Waals surface area contributed by atoms with E-state index in [0.29, 0.717) is 24.5 Å². The zero-order valence-corrected chi connectivity index (χ0v) is 16.7. The van der Waals surface area contributed by atoms with E-state index in [0.717, 1.165) is 0 Å². The zero-order chi connectivity index (χ0) is 20.6. The van der Waals surface area contributed by atoms with Gasteiger partial charge >= 0.3 is 5.97 Å². The average Bonchev–Trinajstić information content (AvgIpc) is 3.13. The van der Waals surface area contributed by atoms with Crippen molar-refractivity contribution in [1.29, 1.82) is 5.41 Å². The Balaban J connectivity index is 1.75. The summed E-state index contributed by atoms with van der Waals surface area (Å²) < 4.78 is 17.5. The molecular formula is C18H26FN3O5S. The van der Waals surface area contributed by atoms with Gasteiger partial charge in [-0.15, -0.1) is 11.8 Å². The lowest BCUT2D eigenvalue weighted by molar-refractivity contribution is -0.163. The number of rotatable bonds is 9. The number of alkyl halides is 1. The maximum absolute atomic E-state index is 12.4. The van der Waals surface area contributed by atoms with Crippen LogP contribution in [-0.2, 0) is 14.3 Å². The molecule has 3 heterocycles. The van der Waals surface area contributed by atoms with Crippen molar-refractivity contribution in [3.63, 3.8) is 0 Å². The van der Waals surface area contributed by atoms with E-state index >= 15 is 0 Å². The van der Waals surface area contributed by atoms with E-state index < -0.39 is 24.7 Å². The fourth-order valence-electron chi connectivity index (χ4n) is 4.44. The first-order chi connectivity index (χ1) is 13.3. The molecule has 156 valence electrons. The third kappa shape index (κ3) is 3.53. The second-order valence-electron chi connectivity index (χ2n) is 7.49. The highest BCUT2D eigenvalue weighted by Crippen LogP contribution is 2.52. The Morgan fingerprint density at radius 2 is 2.25 bits per heavy atom. The fraction of sp³-hybridized carbons (Fsp3) is 0.722. The number of nitrogens with zero attached hydrogens (tertiary/aromatic N) is 2. The fourth-order valence-corrected chi connectivity index (χ4v) is 6.01. The van der Waals surface area contributed by atoms with E-state index in [1.54, 1.807) is 6.92 Å². The summed E-state index contributed by atoms with van der Waals surface area (Å²) in [5, 5.41) is 27.2. The number of ether oxygens (including phenoxy) is 1. The summed E-state index contributed by atoms with van der Waals surface area (Å²) in [7, 11) is 0. The lowest BCUT2D eigenvalue weighted by Gasteiger charge is -2.46. The number of halogens is 1. The second kappa shape index (κ2) is 8.38. The van der Waals surface area contributed by atoms with Crippen LogP contribution in [0.4, 0.5) is 4.39 Å². The molecule has 0 aromatic rings. The Morgan fingerprint density at radius 1 is 1.54 bits per heavy atom. The number of β-lactam (4-membered cyclic amide) rings is 1. The van der Waals surface area contributed by atoms with Crippen LogP contribution in [0.5, 0.6) is 0 Å². The minimum atomic E-state index is -1.14. The minimum Gasteiger partial charge on any atom is -0.477 e. The largest absolute Gasteiger partial charge is 0.477 e. The molecule has 3 aliphatic rings. The van der Waals surface area contributed by atoms with E-state index in [-0.39, 0.29) is 41.5 Å². The van der Waals surface area contributed by atoms with Gasteiger partial charge in [0.05, 0.1) is 43.7 Å². The SMILES string of the molecule is C[C@@H](O)[C@H]1C(=O)N2C(C(=O)O)=C(S[C@H]3C[C@@H](COCCF)N(C=N)C3)[C@H](C)[C@H]12. The van der Waals surface area contributed by atoms with Crippen molar-refractivity contribution < 1.29 is 28.9 Å². The summed E-state index contributed by atoms with van der Waals surface area (Å²) >= 11 is 1.43. The normalized spacial score (nSPS) is 33.1. The zero-order valence-electron chi connectivity index (χ0n) is 15.9. The smallest absolute Gasteiger partial charge is 0.353 e. The Labute approximate surface area is 167 Å². The highest BCUT2D eigenvalue weighted by molar-refractivity contribution is 8.03. The van der Waals surface area contributed by atoms with Gasteiger partial charge in [0.25, 0.3) is 0 Å². The van der Waals surface area contributed by atoms with Gasteiger partial charge in [-0.2, -0.15) is 0 Å². The van der Waals surface area contributed by atoms with Crippen LogP contribution in [0.2, 0.25) is 0 Å². The van der Waals surface area contributed by atoms with Crippen LogP contribution in [0.25, 0.3) is 0 Å². The van der Waals surface area contributed by atoms with E-state index in [1.165, 1.54) is 23.0 Å². The molecule has 0 aromatic heterocycles. The van der Waals surface area contributed by atoms with E-state index in [2.05, 4.69) is 0 Å². The third-order valence-corrected chi connectivity index (χ3v) is 7.21. The number of aliphatic hydroxyl groups is 1. The number of amides is 1. The van der Waals surface area contributed by atoms with E-state index in [4.69, 9.17) is 10.1 Å². The van der Waals surface area contributed by atoms with Crippen LogP contribution in [0.3, 0.4) is 0 Å². The molecule has 8 nitrogen and oxygen atoms in total. The van der Waals surface area contributed by atoms with Crippen LogP contribution in [0.1, 0.15) is 20.3 Å². The molecule has 1 amide bonds. The quantitative estimate of drug-likeness (QED) is 0.222. The van der Waals surface area contributed by atoms with Crippen LogP contribution in [0, 0.1) is 17.2 Å². The molecule has 0 aromatic carbocycles. The first-order valence-electron chi connectivity index (χ1n) is 9.37. The van der Waals surface area contributed by atoms with Gasteiger partial charge < -0.3 is 24.7 Å². The molecular weight excluding hydrogens is 389 g/mol. The van der Waals surface area contributed by atoms with Gasteiger partial charge in [-0.25, -0.2) is 9.18 Å². The highest BCUT2D eigenvalue weighted by Gasteiger charge is 2.60. The summed E-state index contributed by atoms with van der Waals surface area (Å²) in [4.78, 5) is 28.1. The number of carboxylic acid groups (broad SMARTS) is 1. The topological polar surface area (TPSA) is 114 Å². The monoisotopic (exact) mass is 415 g/mol. The molecule has 0 aliphatic carbocycles. The van der Waals surface area contributed by atoms with Crippen LogP contribution in [0.15, 0.2) is 10.6 Å². The van der Waals surface area contributed by atoms with Crippen molar-refractivity contribution in [3.8, 4) is 0 Å². The number of carbonyl (C=O) groups is 2. The Bertz CT molecular complexity index is 688. The maximum Gasteiger partial charge on any atom is 0.353 e. The number of nitrogens with one attached hydrogen (secondary N) is 1. The van der Waals surface area contributed by atoms with Crippen molar-refractivity contribution in [2.45, 2.75) is 43.7 Å². The van der Waals surface area contributed by atoms with Crippen LogP contribution < -0.4 is 0 Å². The Hall–Kier alpha value is -1.65. The van der Waals surface area contributed by atoms with E-state index in [1.807, 2.05) is 11.8 Å². The molecule has 3 N–H and O–H groups in total. The second-order valence-corrected chi connectivity index (χ2v) is 8.83. The molecule has 28 heavy (non-hydrogen) atoms. The number of carboxylic acids is 1. The molecule has 0 spiro atoms. The number of hydrogen-bond donors (Lipinski definition) is 3. The van der Waals surface area contributed by atoms with Gasteiger partial charge in [0.2, 0.25) is 5.91 Å². The van der Waals surface area contributed by atoms with Gasteiger partial charge in [0.15, 0.2) is 0 Å². The highest BCUT2D eigenvalue weighted by atomic mass is 32.2. The summed E-state index contributed by atoms with van der Waals surface area (Å²) in [6, 6.07) is -0.388. The number of likely N-dealkylation sites (tertiary alicyclic amines) is 1. The molecule has 2 fully saturated rings. The lowest BCUT2D eigenvalue weighted by Crippen LogP contribution is -2.63. The number of aliphatic carboxylic acids is 1. The Kier molecular flexibility index (Phi) is 6.31. The van der Waals surface area contributed by atoms with Crippen molar-refractivity contribution in [2.24, 2.45) is 11.8 Å². The molecule has 10 heteroatoms. The molecule has 0 bridgehead atoms. The van der Waals surface area contributed by atoms with Crippen molar-refractivity contribution in [3.05, 3.63) is 10.6 Å². The summed E-state index contributed by atoms with van der Waals surface area (Å²) in [6.07, 6.45) is 1.08. The number of carbonyl (C=O) groups excluding carboxylic acids is 1. The van der Waals surface area contributed by atoms with Gasteiger partial charge in [-0.05, 0) is 13.3 Å². The van der Waals surface area contributed by atoms with Crippen molar-refractivity contribution in [2.75, 3.05) is 26.4 Å². The number of thioether (sulfide) groups is 1. The minimum absolute atomic E-state index is 0.0166. The molecule has 2 saturated heterocycles. The van der Waals surface area contributed by atoms with Crippen molar-refractivity contribution in [1.82, 2.24) is 9.80 Å². The lowest BCUT2D eigenvalue weighted by atomic mass is 9.79. The van der Waals surface area contributed by atoms with Gasteiger partial charge in [-0.1, -0.05) is 6.92 Å². The molecule has 0 unspecified atom stereocenters.